The molecule has 1 rings (SSSR count). The summed E-state index contributed by atoms with van der Waals surface area (Å²) in [6, 6.07) is 0. The number of nitrogens with two attached hydrogens (primary N) is 1. The van der Waals surface area contributed by atoms with E-state index >= 15 is 0 Å². The molecule has 0 atom stereocenters. The van der Waals surface area contributed by atoms with E-state index in [9.17, 15) is 4.79 Å². The van der Waals surface area contributed by atoms with E-state index in [1.807, 2.05) is 4.90 Å². The molecule has 0 aromatic carbocycles. The van der Waals surface area contributed by atoms with E-state index in [2.05, 4.69) is 11.8 Å². The Balaban J connectivity index is 1.99. The summed E-state index contributed by atoms with van der Waals surface area (Å²) in [5, 5.41) is 0. The van der Waals surface area contributed by atoms with Crippen molar-refractivity contribution in [2.75, 3.05) is 19.7 Å². The molecular formula is C9H18N2O2. The lowest BCUT2D eigenvalue weighted by Crippen LogP contribution is -2.48. The zero-order valence-electron chi connectivity index (χ0n) is 8.16. The molecule has 0 spiro atoms. The van der Waals surface area contributed by atoms with E-state index in [1.54, 1.807) is 0 Å². The maximum Gasteiger partial charge on any atom is 0.222 e. The average molecular weight is 186 g/mol. The van der Waals surface area contributed by atoms with Crippen LogP contribution >= 0.6 is 0 Å². The van der Waals surface area contributed by atoms with Crippen LogP contribution < -0.4 is 5.90 Å². The molecule has 0 radical (unpaired) electrons. The van der Waals surface area contributed by atoms with Crippen molar-refractivity contribution in [2.45, 2.75) is 26.2 Å². The SMILES string of the molecule is CC1CN(C(=O)CCCCON)C1. The van der Waals surface area contributed by atoms with Gasteiger partial charge in [0.25, 0.3) is 0 Å². The molecule has 76 valence electrons. The Morgan fingerprint density at radius 3 is 2.77 bits per heavy atom. The van der Waals surface area contributed by atoms with Crippen LogP contribution in [-0.4, -0.2) is 30.5 Å². The van der Waals surface area contributed by atoms with Gasteiger partial charge in [0.2, 0.25) is 5.91 Å². The molecule has 1 aliphatic rings. The van der Waals surface area contributed by atoms with Crippen molar-refractivity contribution >= 4 is 5.91 Å². The number of amides is 1. The van der Waals surface area contributed by atoms with Crippen molar-refractivity contribution in [3.8, 4) is 0 Å². The highest BCUT2D eigenvalue weighted by Gasteiger charge is 2.25. The summed E-state index contributed by atoms with van der Waals surface area (Å²) in [6.07, 6.45) is 2.38. The van der Waals surface area contributed by atoms with Gasteiger partial charge in [-0.15, -0.1) is 0 Å². The van der Waals surface area contributed by atoms with Gasteiger partial charge in [0.1, 0.15) is 0 Å². The van der Waals surface area contributed by atoms with Crippen molar-refractivity contribution in [3.63, 3.8) is 0 Å². The summed E-state index contributed by atoms with van der Waals surface area (Å²) in [5.41, 5.74) is 0. The first-order chi connectivity index (χ1) is 6.24. The van der Waals surface area contributed by atoms with Gasteiger partial charge in [0, 0.05) is 19.5 Å². The van der Waals surface area contributed by atoms with E-state index in [0.717, 1.165) is 25.9 Å². The largest absolute Gasteiger partial charge is 0.342 e. The third kappa shape index (κ3) is 3.32. The molecule has 0 aromatic heterocycles. The maximum atomic E-state index is 11.4. The number of unbranched alkanes of at least 4 members (excludes halogenated alkanes) is 1. The zero-order chi connectivity index (χ0) is 9.68. The molecule has 1 heterocycles. The van der Waals surface area contributed by atoms with Crippen LogP contribution in [0, 0.1) is 5.92 Å². The van der Waals surface area contributed by atoms with Crippen molar-refractivity contribution < 1.29 is 9.63 Å². The second kappa shape index (κ2) is 5.19. The van der Waals surface area contributed by atoms with Crippen LogP contribution in [0.25, 0.3) is 0 Å². The number of likely N-dealkylation sites (tertiary alicyclic amines) is 1. The predicted octanol–water partition coefficient (Wildman–Crippen LogP) is 0.525. The fraction of sp³-hybridized carbons (Fsp3) is 0.889. The molecule has 0 aliphatic carbocycles. The number of nitrogens with zero attached hydrogens (tertiary/aromatic N) is 1. The lowest BCUT2D eigenvalue weighted by Gasteiger charge is -2.37. The van der Waals surface area contributed by atoms with E-state index in [4.69, 9.17) is 5.90 Å². The van der Waals surface area contributed by atoms with Gasteiger partial charge in [-0.3, -0.25) is 4.79 Å². The quantitative estimate of drug-likeness (QED) is 0.503. The zero-order valence-corrected chi connectivity index (χ0v) is 8.16. The van der Waals surface area contributed by atoms with Gasteiger partial charge in [-0.25, -0.2) is 5.90 Å². The molecule has 13 heavy (non-hydrogen) atoms. The van der Waals surface area contributed by atoms with Crippen LogP contribution in [0.1, 0.15) is 26.2 Å². The van der Waals surface area contributed by atoms with Crippen LogP contribution in [0.15, 0.2) is 0 Å². The predicted molar refractivity (Wildman–Crippen MR) is 49.7 cm³/mol. The molecule has 0 aromatic rings. The van der Waals surface area contributed by atoms with Gasteiger partial charge in [-0.05, 0) is 18.8 Å². The Hall–Kier alpha value is -0.610. The number of carbonyl (C=O) groups excluding carboxylic acids is 1. The highest BCUT2D eigenvalue weighted by molar-refractivity contribution is 5.76. The molecule has 2 N–H and O–H groups in total. The molecule has 1 saturated heterocycles. The third-order valence-corrected chi connectivity index (χ3v) is 2.32. The Morgan fingerprint density at radius 1 is 1.54 bits per heavy atom. The van der Waals surface area contributed by atoms with Crippen molar-refractivity contribution in [1.82, 2.24) is 4.90 Å². The highest BCUT2D eigenvalue weighted by Crippen LogP contribution is 2.15. The number of hydrogen-bond donors (Lipinski definition) is 1. The lowest BCUT2D eigenvalue weighted by molar-refractivity contribution is -0.137. The number of carbonyl (C=O) groups is 1. The smallest absolute Gasteiger partial charge is 0.222 e. The Labute approximate surface area is 79.0 Å². The summed E-state index contributed by atoms with van der Waals surface area (Å²) >= 11 is 0. The second-order valence-electron chi connectivity index (χ2n) is 3.73. The monoisotopic (exact) mass is 186 g/mol. The molecule has 1 aliphatic heterocycles. The average Bonchev–Trinajstić information content (AvgIpc) is 2.07. The topological polar surface area (TPSA) is 55.6 Å². The van der Waals surface area contributed by atoms with Gasteiger partial charge in [0.05, 0.1) is 6.61 Å². The summed E-state index contributed by atoms with van der Waals surface area (Å²) in [6.45, 7) is 4.58. The van der Waals surface area contributed by atoms with Gasteiger partial charge in [0.15, 0.2) is 0 Å². The molecular weight excluding hydrogens is 168 g/mol. The molecule has 0 saturated carbocycles. The Kier molecular flexibility index (Phi) is 4.18. The molecule has 0 bridgehead atoms. The van der Waals surface area contributed by atoms with E-state index < -0.39 is 0 Å². The standard InChI is InChI=1S/C9H18N2O2/c1-8-6-11(7-8)9(12)4-2-3-5-13-10/h8H,2-7,10H2,1H3. The van der Waals surface area contributed by atoms with Gasteiger partial charge < -0.3 is 9.74 Å². The number of rotatable bonds is 5. The van der Waals surface area contributed by atoms with Crippen molar-refractivity contribution in [1.29, 1.82) is 0 Å². The first kappa shape index (κ1) is 10.5. The summed E-state index contributed by atoms with van der Waals surface area (Å²) in [4.78, 5) is 17.7. The molecule has 4 nitrogen and oxygen atoms in total. The van der Waals surface area contributed by atoms with Crippen LogP contribution in [0.4, 0.5) is 0 Å². The lowest BCUT2D eigenvalue weighted by atomic mass is 10.0. The van der Waals surface area contributed by atoms with E-state index in [1.165, 1.54) is 0 Å². The van der Waals surface area contributed by atoms with Crippen LogP contribution in [0.3, 0.4) is 0 Å². The minimum atomic E-state index is 0.273. The second-order valence-corrected chi connectivity index (χ2v) is 3.73. The normalized spacial score (nSPS) is 17.2. The van der Waals surface area contributed by atoms with E-state index in [0.29, 0.717) is 18.9 Å². The van der Waals surface area contributed by atoms with Crippen molar-refractivity contribution in [2.24, 2.45) is 11.8 Å². The fourth-order valence-electron chi connectivity index (χ4n) is 1.52. The minimum absolute atomic E-state index is 0.273. The number of hydrogen-bond acceptors (Lipinski definition) is 3. The molecule has 1 amide bonds. The first-order valence-electron chi connectivity index (χ1n) is 4.83. The van der Waals surface area contributed by atoms with E-state index in [-0.39, 0.29) is 5.91 Å². The Bertz CT molecular complexity index is 167. The third-order valence-electron chi connectivity index (χ3n) is 2.32. The summed E-state index contributed by atoms with van der Waals surface area (Å²) < 4.78 is 0. The maximum absolute atomic E-state index is 11.4. The molecule has 1 fully saturated rings. The first-order valence-corrected chi connectivity index (χ1v) is 4.83. The Morgan fingerprint density at radius 2 is 2.23 bits per heavy atom. The molecule has 4 heteroatoms. The summed E-state index contributed by atoms with van der Waals surface area (Å²) in [7, 11) is 0. The van der Waals surface area contributed by atoms with Crippen LogP contribution in [0.2, 0.25) is 0 Å². The highest BCUT2D eigenvalue weighted by atomic mass is 16.6. The van der Waals surface area contributed by atoms with Crippen LogP contribution in [0.5, 0.6) is 0 Å². The van der Waals surface area contributed by atoms with Crippen LogP contribution in [-0.2, 0) is 9.63 Å². The minimum Gasteiger partial charge on any atom is -0.342 e. The molecule has 0 unspecified atom stereocenters. The fourth-order valence-corrected chi connectivity index (χ4v) is 1.52. The van der Waals surface area contributed by atoms with Crippen molar-refractivity contribution in [3.05, 3.63) is 0 Å². The van der Waals surface area contributed by atoms with Gasteiger partial charge in [-0.1, -0.05) is 6.92 Å². The summed E-state index contributed by atoms with van der Waals surface area (Å²) in [5.74, 6) is 5.83. The van der Waals surface area contributed by atoms with Gasteiger partial charge >= 0.3 is 0 Å². The van der Waals surface area contributed by atoms with Gasteiger partial charge in [-0.2, -0.15) is 0 Å².